The second kappa shape index (κ2) is 17.6. The summed E-state index contributed by atoms with van der Waals surface area (Å²) in [5.41, 5.74) is 3.91. The molecular formula is C48H76O3. The van der Waals surface area contributed by atoms with Gasteiger partial charge in [-0.05, 0) is 153 Å². The molecule has 0 aromatic heterocycles. The van der Waals surface area contributed by atoms with Gasteiger partial charge in [-0.1, -0.05) is 110 Å². The zero-order chi connectivity index (χ0) is 36.0. The van der Waals surface area contributed by atoms with Crippen LogP contribution in [0.5, 0.6) is 5.75 Å². The molecule has 8 atom stereocenters. The van der Waals surface area contributed by atoms with E-state index < -0.39 is 0 Å². The van der Waals surface area contributed by atoms with Crippen molar-refractivity contribution < 1.29 is 14.3 Å². The Morgan fingerprint density at radius 2 is 1.63 bits per heavy atom. The molecule has 0 N–H and O–H groups in total. The number of benzene rings is 1. The van der Waals surface area contributed by atoms with Crippen molar-refractivity contribution in [1.29, 1.82) is 0 Å². The fourth-order valence-corrected chi connectivity index (χ4v) is 12.7. The van der Waals surface area contributed by atoms with Gasteiger partial charge in [-0.25, -0.2) is 0 Å². The number of esters is 1. The van der Waals surface area contributed by atoms with Gasteiger partial charge < -0.3 is 9.47 Å². The van der Waals surface area contributed by atoms with E-state index in [1.54, 1.807) is 5.57 Å². The van der Waals surface area contributed by atoms with Gasteiger partial charge in [0, 0.05) is 12.8 Å². The number of carbonyl (C=O) groups is 1. The van der Waals surface area contributed by atoms with E-state index in [0.29, 0.717) is 36.2 Å². The Balaban J connectivity index is 0.913. The number of allylic oxidation sites excluding steroid dienone is 1. The lowest BCUT2D eigenvalue weighted by molar-refractivity contribution is -0.151. The first-order valence-electron chi connectivity index (χ1n) is 22.2. The van der Waals surface area contributed by atoms with Crippen molar-refractivity contribution in [3.63, 3.8) is 0 Å². The van der Waals surface area contributed by atoms with Gasteiger partial charge in [0.25, 0.3) is 0 Å². The number of ether oxygens (including phenoxy) is 2. The Labute approximate surface area is 313 Å². The molecule has 0 aliphatic heterocycles. The molecule has 5 aliphatic carbocycles. The summed E-state index contributed by atoms with van der Waals surface area (Å²) in [6, 6.07) is 8.82. The van der Waals surface area contributed by atoms with Crippen molar-refractivity contribution in [2.75, 3.05) is 6.61 Å². The summed E-state index contributed by atoms with van der Waals surface area (Å²) in [6.07, 6.45) is 29.1. The molecule has 0 saturated heterocycles. The summed E-state index contributed by atoms with van der Waals surface area (Å²) in [5, 5.41) is 0. The molecule has 0 spiro atoms. The Hall–Kier alpha value is -1.77. The van der Waals surface area contributed by atoms with E-state index in [0.717, 1.165) is 60.0 Å². The molecule has 1 unspecified atom stereocenters. The normalized spacial score (nSPS) is 35.4. The standard InChI is InChI=1S/C48H76O3/c1-7-8-9-14-36-16-18-37(19-17-36)38-20-23-40(24-21-38)50-32-11-15-46(49)51-41-28-30-47(5)39(33-41)22-25-42-44-27-26-43(35(4)13-10-12-34(2)3)48(44,6)31-29-45(42)47/h20-24,34-37,41-45H,7-19,25-33H2,1-6H3/t35-,36?,37?,41?,42+,43-,44+,45+,47+,48-/m1/s1. The Bertz CT molecular complexity index is 1270. The first-order valence-corrected chi connectivity index (χ1v) is 22.2. The first-order chi connectivity index (χ1) is 24.6. The Kier molecular flexibility index (Phi) is 13.4. The topological polar surface area (TPSA) is 35.5 Å². The maximum absolute atomic E-state index is 13.0. The third-order valence-electron chi connectivity index (χ3n) is 15.8. The van der Waals surface area contributed by atoms with Crippen LogP contribution in [0, 0.1) is 52.3 Å². The van der Waals surface area contributed by atoms with Crippen LogP contribution in [0.25, 0.3) is 0 Å². The smallest absolute Gasteiger partial charge is 0.306 e. The van der Waals surface area contributed by atoms with Gasteiger partial charge in [0.15, 0.2) is 0 Å². The van der Waals surface area contributed by atoms with Crippen LogP contribution in [0.4, 0.5) is 0 Å². The molecule has 4 fully saturated rings. The number of carbonyl (C=O) groups excluding carboxylic acids is 1. The predicted octanol–water partition coefficient (Wildman–Crippen LogP) is 13.7. The second-order valence-corrected chi connectivity index (χ2v) is 19.4. The summed E-state index contributed by atoms with van der Waals surface area (Å²) in [7, 11) is 0. The number of unbranched alkanes of at least 4 members (excludes halogenated alkanes) is 2. The average Bonchev–Trinajstić information content (AvgIpc) is 3.48. The number of hydrogen-bond donors (Lipinski definition) is 0. The lowest BCUT2D eigenvalue weighted by Gasteiger charge is -2.58. The molecule has 1 aromatic carbocycles. The summed E-state index contributed by atoms with van der Waals surface area (Å²) in [5.74, 6) is 7.68. The van der Waals surface area contributed by atoms with Crippen LogP contribution in [0.1, 0.15) is 188 Å². The van der Waals surface area contributed by atoms with Crippen molar-refractivity contribution >= 4 is 5.97 Å². The summed E-state index contributed by atoms with van der Waals surface area (Å²) in [4.78, 5) is 13.0. The fraction of sp³-hybridized carbons (Fsp3) is 0.812. The maximum atomic E-state index is 13.0. The molecule has 3 heteroatoms. The predicted molar refractivity (Wildman–Crippen MR) is 213 cm³/mol. The minimum atomic E-state index is -0.0462. The van der Waals surface area contributed by atoms with Gasteiger partial charge in [-0.2, -0.15) is 0 Å². The van der Waals surface area contributed by atoms with E-state index in [-0.39, 0.29) is 12.1 Å². The summed E-state index contributed by atoms with van der Waals surface area (Å²) >= 11 is 0. The molecular weight excluding hydrogens is 625 g/mol. The van der Waals surface area contributed by atoms with Crippen LogP contribution in [0.2, 0.25) is 0 Å². The van der Waals surface area contributed by atoms with E-state index in [9.17, 15) is 4.79 Å². The SMILES string of the molecule is CCCCCC1CCC(c2ccc(OCCCC(=O)OC3CC[C@@]4(C)C(=CC[C@H]5[C@@H]6CC[C@H]([C@H](C)CCCC(C)C)[C@@]6(C)CC[C@@H]54)C3)cc2)CC1. The Morgan fingerprint density at radius 1 is 0.843 bits per heavy atom. The lowest BCUT2D eigenvalue weighted by atomic mass is 9.47. The highest BCUT2D eigenvalue weighted by molar-refractivity contribution is 5.69. The zero-order valence-electron chi connectivity index (χ0n) is 33.9. The van der Waals surface area contributed by atoms with Gasteiger partial charge in [-0.15, -0.1) is 0 Å². The molecule has 286 valence electrons. The number of rotatable bonds is 16. The molecule has 4 saturated carbocycles. The van der Waals surface area contributed by atoms with Crippen LogP contribution in [0.15, 0.2) is 35.9 Å². The Morgan fingerprint density at radius 3 is 2.37 bits per heavy atom. The highest BCUT2D eigenvalue weighted by Gasteiger charge is 2.59. The van der Waals surface area contributed by atoms with E-state index in [4.69, 9.17) is 9.47 Å². The van der Waals surface area contributed by atoms with E-state index in [1.165, 1.54) is 115 Å². The minimum absolute atomic E-state index is 0.0460. The van der Waals surface area contributed by atoms with E-state index in [1.807, 2.05) is 0 Å². The van der Waals surface area contributed by atoms with Crippen molar-refractivity contribution in [3.05, 3.63) is 41.5 Å². The van der Waals surface area contributed by atoms with Crippen molar-refractivity contribution in [1.82, 2.24) is 0 Å². The highest BCUT2D eigenvalue weighted by atomic mass is 16.5. The molecule has 5 aliphatic rings. The molecule has 1 aromatic rings. The average molecular weight is 701 g/mol. The van der Waals surface area contributed by atoms with Gasteiger partial charge in [0.2, 0.25) is 0 Å². The van der Waals surface area contributed by atoms with Gasteiger partial charge in [0.05, 0.1) is 6.61 Å². The molecule has 6 rings (SSSR count). The second-order valence-electron chi connectivity index (χ2n) is 19.4. The van der Waals surface area contributed by atoms with Crippen molar-refractivity contribution in [3.8, 4) is 5.75 Å². The quantitative estimate of drug-likeness (QED) is 0.0978. The van der Waals surface area contributed by atoms with Crippen LogP contribution in [-0.2, 0) is 9.53 Å². The van der Waals surface area contributed by atoms with Crippen LogP contribution < -0.4 is 4.74 Å². The van der Waals surface area contributed by atoms with Crippen LogP contribution in [0.3, 0.4) is 0 Å². The van der Waals surface area contributed by atoms with Crippen LogP contribution >= 0.6 is 0 Å². The first kappa shape index (κ1) is 38.9. The molecule has 0 heterocycles. The molecule has 0 radical (unpaired) electrons. The largest absolute Gasteiger partial charge is 0.494 e. The lowest BCUT2D eigenvalue weighted by Crippen LogP contribution is -2.51. The molecule has 51 heavy (non-hydrogen) atoms. The van der Waals surface area contributed by atoms with Crippen LogP contribution in [-0.4, -0.2) is 18.7 Å². The molecule has 0 bridgehead atoms. The third-order valence-corrected chi connectivity index (χ3v) is 15.8. The van der Waals surface area contributed by atoms with Crippen molar-refractivity contribution in [2.45, 2.75) is 188 Å². The maximum Gasteiger partial charge on any atom is 0.306 e. The van der Waals surface area contributed by atoms with Gasteiger partial charge >= 0.3 is 5.97 Å². The van der Waals surface area contributed by atoms with Gasteiger partial charge in [-0.3, -0.25) is 4.79 Å². The molecule has 0 amide bonds. The highest BCUT2D eigenvalue weighted by Crippen LogP contribution is 2.67. The number of fused-ring (bicyclic) bond motifs is 5. The number of hydrogen-bond acceptors (Lipinski definition) is 3. The minimum Gasteiger partial charge on any atom is -0.494 e. The molecule has 3 nitrogen and oxygen atoms in total. The summed E-state index contributed by atoms with van der Waals surface area (Å²) < 4.78 is 12.2. The van der Waals surface area contributed by atoms with Gasteiger partial charge in [0.1, 0.15) is 11.9 Å². The third kappa shape index (κ3) is 9.13. The van der Waals surface area contributed by atoms with Crippen molar-refractivity contribution in [2.24, 2.45) is 52.3 Å². The fourth-order valence-electron chi connectivity index (χ4n) is 12.7. The van der Waals surface area contributed by atoms with E-state index >= 15 is 0 Å². The monoisotopic (exact) mass is 701 g/mol. The van der Waals surface area contributed by atoms with E-state index in [2.05, 4.69) is 71.9 Å². The summed E-state index contributed by atoms with van der Waals surface area (Å²) in [6.45, 7) is 15.5. The zero-order valence-corrected chi connectivity index (χ0v) is 33.9.